The highest BCUT2D eigenvalue weighted by molar-refractivity contribution is 5.99. The number of phenolic OH excluding ortho intramolecular Hbond substituents is 1. The maximum absolute atomic E-state index is 15.4. The second-order valence-electron chi connectivity index (χ2n) is 26.0. The van der Waals surface area contributed by atoms with Gasteiger partial charge in [0.15, 0.2) is 11.9 Å². The Kier molecular flexibility index (Phi) is 35.4. The Balaban J connectivity index is 1.66. The number of aliphatic carboxylic acids is 5. The lowest BCUT2D eigenvalue weighted by atomic mass is 9.96. The molecule has 9 atom stereocenters. The van der Waals surface area contributed by atoms with Gasteiger partial charge in [0.1, 0.15) is 54.1 Å². The molecule has 2 aliphatic heterocycles. The van der Waals surface area contributed by atoms with Gasteiger partial charge in [0.25, 0.3) is 0 Å². The van der Waals surface area contributed by atoms with Crippen LogP contribution in [0.3, 0.4) is 0 Å². The summed E-state index contributed by atoms with van der Waals surface area (Å²) in [6, 6.07) is 0.662. The number of benzene rings is 2. The van der Waals surface area contributed by atoms with E-state index in [1.165, 1.54) is 63.2 Å². The SMILES string of the molecule is CC[C@H](C)[C@H](NC(=O)[C@H](Cc1ccc(O)cc1)NC(=O)[C@@H]1CCCN1C(=O)[C@H](NC(=O)[C@H](CCCN=C(N)N)NC(=O)[C@@H]1CCCN1C(=O)[C@@H](CCCCN)NC(=O)CN(CCN(CCN(CC(=O)O)CC(=O)O)CC(=O)O)CC(=O)O)c1ccc(N=C(N)N)cc1)C(=O)N[C@@H](CC(C)C)C(=O)O. The summed E-state index contributed by atoms with van der Waals surface area (Å²) in [5.74, 6) is -14.4. The van der Waals surface area contributed by atoms with Crippen LogP contribution in [0.5, 0.6) is 5.75 Å². The van der Waals surface area contributed by atoms with Crippen LogP contribution in [0.25, 0.3) is 0 Å². The Morgan fingerprint density at radius 1 is 0.553 bits per heavy atom. The summed E-state index contributed by atoms with van der Waals surface area (Å²) in [5.41, 5.74) is 29.3. The first-order valence-electron chi connectivity index (χ1n) is 34.1. The van der Waals surface area contributed by atoms with Crippen molar-refractivity contribution in [2.75, 3.05) is 85.1 Å². The summed E-state index contributed by atoms with van der Waals surface area (Å²) < 4.78 is 0. The molecule has 0 aromatic heterocycles. The molecule has 37 heteroatoms. The summed E-state index contributed by atoms with van der Waals surface area (Å²) >= 11 is 0. The van der Waals surface area contributed by atoms with Gasteiger partial charge in [0.2, 0.25) is 47.3 Å². The molecule has 103 heavy (non-hydrogen) atoms. The van der Waals surface area contributed by atoms with Gasteiger partial charge in [-0.2, -0.15) is 0 Å². The first kappa shape index (κ1) is 85.1. The van der Waals surface area contributed by atoms with Crippen LogP contribution in [0.4, 0.5) is 5.69 Å². The molecule has 2 aromatic rings. The summed E-state index contributed by atoms with van der Waals surface area (Å²) in [6.07, 6.45) is 1.56. The molecule has 0 unspecified atom stereocenters. The molecule has 0 spiro atoms. The molecule has 37 nitrogen and oxygen atoms in total. The third-order valence-corrected chi connectivity index (χ3v) is 17.2. The number of nitrogens with zero attached hydrogens (tertiary/aromatic N) is 7. The number of aliphatic imine (C=N–C) groups is 2. The summed E-state index contributed by atoms with van der Waals surface area (Å²) in [5, 5.41) is 74.3. The zero-order valence-corrected chi connectivity index (χ0v) is 58.6. The minimum Gasteiger partial charge on any atom is -0.508 e. The van der Waals surface area contributed by atoms with E-state index in [-0.39, 0.29) is 145 Å². The number of carbonyl (C=O) groups is 13. The number of nitrogens with one attached hydrogen (secondary N) is 6. The topological polar surface area (TPSA) is 586 Å². The minimum absolute atomic E-state index is 0.00408. The van der Waals surface area contributed by atoms with E-state index in [2.05, 4.69) is 41.9 Å². The number of rotatable bonds is 46. The van der Waals surface area contributed by atoms with Crippen LogP contribution in [0.1, 0.15) is 115 Å². The minimum atomic E-state index is -1.62. The van der Waals surface area contributed by atoms with E-state index < -0.39 is 164 Å². The van der Waals surface area contributed by atoms with Gasteiger partial charge >= 0.3 is 29.8 Å². The Hall–Kier alpha value is -10.3. The lowest BCUT2D eigenvalue weighted by Gasteiger charge is -2.32. The Morgan fingerprint density at radius 2 is 1.06 bits per heavy atom. The van der Waals surface area contributed by atoms with Crippen molar-refractivity contribution in [2.24, 2.45) is 50.5 Å². The van der Waals surface area contributed by atoms with Crippen LogP contribution in [-0.2, 0) is 68.7 Å². The normalized spacial score (nSPS) is 16.3. The van der Waals surface area contributed by atoms with Crippen molar-refractivity contribution in [1.29, 1.82) is 0 Å². The highest BCUT2D eigenvalue weighted by Gasteiger charge is 2.43. The Bertz CT molecular complexity index is 3280. The van der Waals surface area contributed by atoms with E-state index in [9.17, 15) is 83.4 Å². The first-order valence-corrected chi connectivity index (χ1v) is 34.1. The number of nitrogens with two attached hydrogens (primary N) is 5. The van der Waals surface area contributed by atoms with Gasteiger partial charge < -0.3 is 101 Å². The number of likely N-dealkylation sites (tertiary alicyclic amines) is 2. The molecule has 0 radical (unpaired) electrons. The molecule has 0 bridgehead atoms. The lowest BCUT2D eigenvalue weighted by molar-refractivity contribution is -0.144. The zero-order chi connectivity index (χ0) is 76.6. The first-order chi connectivity index (χ1) is 48.7. The van der Waals surface area contributed by atoms with E-state index in [0.29, 0.717) is 24.8 Å². The van der Waals surface area contributed by atoms with Gasteiger partial charge in [0.05, 0.1) is 38.4 Å². The Morgan fingerprint density at radius 3 is 1.56 bits per heavy atom. The lowest BCUT2D eigenvalue weighted by Crippen LogP contribution is -2.60. The summed E-state index contributed by atoms with van der Waals surface area (Å²) in [7, 11) is 0. The van der Waals surface area contributed by atoms with Crippen molar-refractivity contribution in [3.63, 3.8) is 0 Å². The van der Waals surface area contributed by atoms with Crippen LogP contribution in [0.15, 0.2) is 58.5 Å². The molecule has 2 saturated heterocycles. The molecule has 2 aliphatic rings. The third kappa shape index (κ3) is 29.7. The van der Waals surface area contributed by atoms with Crippen molar-refractivity contribution in [3.05, 3.63) is 59.7 Å². The second-order valence-corrected chi connectivity index (χ2v) is 26.0. The van der Waals surface area contributed by atoms with E-state index in [1.807, 2.05) is 0 Å². The second kappa shape index (κ2) is 42.9. The molecule has 2 fully saturated rings. The molecule has 8 amide bonds. The number of unbranched alkanes of at least 4 members (excludes halogenated alkanes) is 1. The van der Waals surface area contributed by atoms with Crippen LogP contribution in [0, 0.1) is 11.8 Å². The van der Waals surface area contributed by atoms with E-state index in [0.717, 1.165) is 9.80 Å². The number of phenols is 1. The van der Waals surface area contributed by atoms with Crippen LogP contribution in [-0.4, -0.2) is 272 Å². The van der Waals surface area contributed by atoms with Gasteiger partial charge in [0, 0.05) is 52.2 Å². The van der Waals surface area contributed by atoms with Crippen LogP contribution < -0.4 is 60.6 Å². The number of amides is 8. The zero-order valence-electron chi connectivity index (χ0n) is 58.6. The van der Waals surface area contributed by atoms with E-state index in [4.69, 9.17) is 28.7 Å². The van der Waals surface area contributed by atoms with Gasteiger partial charge in [-0.05, 0) is 118 Å². The highest BCUT2D eigenvalue weighted by atomic mass is 16.4. The molecule has 2 aromatic carbocycles. The molecule has 2 heterocycles. The largest absolute Gasteiger partial charge is 0.508 e. The van der Waals surface area contributed by atoms with E-state index >= 15 is 9.59 Å². The number of carbonyl (C=O) groups excluding carboxylic acids is 8. The molecule has 570 valence electrons. The third-order valence-electron chi connectivity index (χ3n) is 17.2. The molecule has 0 aliphatic carbocycles. The smallest absolute Gasteiger partial charge is 0.326 e. The molecule has 22 N–H and O–H groups in total. The van der Waals surface area contributed by atoms with Crippen molar-refractivity contribution >= 4 is 94.7 Å². The highest BCUT2D eigenvalue weighted by Crippen LogP contribution is 2.28. The molecule has 4 rings (SSSR count). The number of hydrogen-bond acceptors (Lipinski definition) is 20. The molecular formula is C66H102N18O19. The average Bonchev–Trinajstić information content (AvgIpc) is 1.52. The maximum Gasteiger partial charge on any atom is 0.326 e. The number of aromatic hydroxyl groups is 1. The van der Waals surface area contributed by atoms with Crippen molar-refractivity contribution < 1.29 is 93.0 Å². The fourth-order valence-corrected chi connectivity index (χ4v) is 11.9. The maximum atomic E-state index is 15.4. The number of guanidine groups is 2. The summed E-state index contributed by atoms with van der Waals surface area (Å²) in [6.45, 7) is 3.08. The fourth-order valence-electron chi connectivity index (χ4n) is 11.9. The predicted molar refractivity (Wildman–Crippen MR) is 373 cm³/mol. The number of hydrogen-bond donors (Lipinski definition) is 17. The van der Waals surface area contributed by atoms with Gasteiger partial charge in [-0.1, -0.05) is 58.4 Å². The van der Waals surface area contributed by atoms with Gasteiger partial charge in [-0.3, -0.25) is 77.2 Å². The number of carboxylic acid groups (broad SMARTS) is 5. The van der Waals surface area contributed by atoms with E-state index in [1.54, 1.807) is 27.7 Å². The van der Waals surface area contributed by atoms with Gasteiger partial charge in [-0.15, -0.1) is 0 Å². The van der Waals surface area contributed by atoms with Crippen molar-refractivity contribution in [2.45, 2.75) is 153 Å². The standard InChI is InChI=1S/C66H102N18O19/c1-5-39(4)55(61(99)77-47(64(102)103)31-38(2)3)78-58(96)46(32-40-15-21-43(85)22-16-40)76-60(98)49-14-10-26-84(49)63(101)56(41-17-19-42(20-18-41)73-66(70)71)79-57(95)44(12-8-24-72-65(68)69)75-59(97)48-13-9-25-83(48)62(100)45(11-6-7-23-67)74-50(86)33-81(35-52(89)90)29-27-80(34-51(87)88)28-30-82(36-53(91)92)37-54(93)94/h15-22,38-39,44-49,55-56,85H,5-14,23-37,67H2,1-4H3,(H,74,86)(H,75,97)(H,76,98)(H,77,99)(H,78,96)(H,79,95)(H,87,88)(H,89,90)(H,91,92)(H,93,94)(H,102,103)(H4,68,69,72)(H4,70,71,73)/t39-,44-,45+,46-,47-,48-,49-,55-,56+/m0/s1. The van der Waals surface area contributed by atoms with Crippen LogP contribution >= 0.6 is 0 Å². The van der Waals surface area contributed by atoms with Crippen LogP contribution in [0.2, 0.25) is 0 Å². The van der Waals surface area contributed by atoms with Crippen molar-refractivity contribution in [3.8, 4) is 5.75 Å². The monoisotopic (exact) mass is 1450 g/mol. The average molecular weight is 1450 g/mol. The fraction of sp³-hybridized carbons (Fsp3) is 0.591. The summed E-state index contributed by atoms with van der Waals surface area (Å²) in [4.78, 5) is 190. The quantitative estimate of drug-likeness (QED) is 0.0175. The van der Waals surface area contributed by atoms with Gasteiger partial charge in [-0.25, -0.2) is 9.79 Å². The molecular weight excluding hydrogens is 1350 g/mol. The molecule has 0 saturated carbocycles. The van der Waals surface area contributed by atoms with Crippen molar-refractivity contribution in [1.82, 2.24) is 56.4 Å². The number of carboxylic acids is 5. The Labute approximate surface area is 596 Å². The predicted octanol–water partition coefficient (Wildman–Crippen LogP) is -3.29.